The Kier molecular flexibility index (Phi) is 4.73. The molecule has 1 aliphatic rings. The number of primary amides is 1. The van der Waals surface area contributed by atoms with Gasteiger partial charge in [-0.15, -0.1) is 11.3 Å². The van der Waals surface area contributed by atoms with Crippen molar-refractivity contribution in [3.63, 3.8) is 0 Å². The van der Waals surface area contributed by atoms with E-state index in [1.165, 1.54) is 4.88 Å². The largest absolute Gasteiger partial charge is 0.366 e. The second-order valence-electron chi connectivity index (χ2n) is 5.63. The number of thiophene rings is 1. The van der Waals surface area contributed by atoms with E-state index in [1.54, 1.807) is 35.6 Å². The lowest BCUT2D eigenvalue weighted by Crippen LogP contribution is -2.32. The summed E-state index contributed by atoms with van der Waals surface area (Å²) in [6, 6.07) is 11.1. The van der Waals surface area contributed by atoms with Gasteiger partial charge in [0.25, 0.3) is 0 Å². The first-order chi connectivity index (χ1) is 11.1. The summed E-state index contributed by atoms with van der Waals surface area (Å²) in [5, 5.41) is 4.95. The summed E-state index contributed by atoms with van der Waals surface area (Å²) in [6.45, 7) is 1.32. The lowest BCUT2D eigenvalue weighted by atomic mass is 10.2. The molecule has 3 N–H and O–H groups in total. The third-order valence-electron chi connectivity index (χ3n) is 4.04. The Balaban J connectivity index is 1.59. The van der Waals surface area contributed by atoms with Crippen molar-refractivity contribution < 1.29 is 9.59 Å². The first-order valence-corrected chi connectivity index (χ1v) is 8.48. The smallest absolute Gasteiger partial charge is 0.248 e. The average molecular weight is 329 g/mol. The zero-order chi connectivity index (χ0) is 16.2. The number of hydrogen-bond acceptors (Lipinski definition) is 4. The Bertz CT molecular complexity index is 682. The lowest BCUT2D eigenvalue weighted by Gasteiger charge is -2.22. The van der Waals surface area contributed by atoms with Crippen molar-refractivity contribution in [2.45, 2.75) is 18.9 Å². The van der Waals surface area contributed by atoms with Gasteiger partial charge in [-0.25, -0.2) is 0 Å². The lowest BCUT2D eigenvalue weighted by molar-refractivity contribution is -0.117. The Morgan fingerprint density at radius 2 is 2.04 bits per heavy atom. The van der Waals surface area contributed by atoms with E-state index in [0.29, 0.717) is 23.8 Å². The van der Waals surface area contributed by atoms with Crippen molar-refractivity contribution in [3.05, 3.63) is 52.2 Å². The highest BCUT2D eigenvalue weighted by molar-refractivity contribution is 7.10. The van der Waals surface area contributed by atoms with Gasteiger partial charge in [0.1, 0.15) is 0 Å². The molecule has 5 nitrogen and oxygen atoms in total. The Labute approximate surface area is 139 Å². The van der Waals surface area contributed by atoms with Gasteiger partial charge in [0.15, 0.2) is 0 Å². The van der Waals surface area contributed by atoms with Crippen molar-refractivity contribution >= 4 is 28.8 Å². The molecule has 0 saturated carbocycles. The third kappa shape index (κ3) is 3.78. The first kappa shape index (κ1) is 15.7. The monoisotopic (exact) mass is 329 g/mol. The van der Waals surface area contributed by atoms with Crippen LogP contribution in [0.4, 0.5) is 5.69 Å². The highest BCUT2D eigenvalue weighted by Crippen LogP contribution is 2.34. The van der Waals surface area contributed by atoms with Gasteiger partial charge < -0.3 is 11.1 Å². The van der Waals surface area contributed by atoms with Gasteiger partial charge in [-0.2, -0.15) is 0 Å². The molecule has 0 unspecified atom stereocenters. The molecule has 1 aromatic carbocycles. The molecule has 6 heteroatoms. The van der Waals surface area contributed by atoms with Gasteiger partial charge in [-0.05, 0) is 55.1 Å². The quantitative estimate of drug-likeness (QED) is 0.885. The van der Waals surface area contributed by atoms with E-state index in [9.17, 15) is 9.59 Å². The number of hydrogen-bond donors (Lipinski definition) is 2. The number of rotatable bonds is 5. The number of nitrogens with two attached hydrogens (primary N) is 1. The maximum absolute atomic E-state index is 12.3. The Morgan fingerprint density at radius 3 is 2.70 bits per heavy atom. The van der Waals surface area contributed by atoms with Crippen LogP contribution in [0.5, 0.6) is 0 Å². The SMILES string of the molecule is NC(=O)c1ccc(NC(=O)CN2CCC[C@@H]2c2cccs2)cc1. The summed E-state index contributed by atoms with van der Waals surface area (Å²) in [5.41, 5.74) is 6.31. The number of carbonyl (C=O) groups excluding carboxylic acids is 2. The summed E-state index contributed by atoms with van der Waals surface area (Å²) in [5.74, 6) is -0.515. The molecule has 0 radical (unpaired) electrons. The van der Waals surface area contributed by atoms with E-state index in [0.717, 1.165) is 19.4 Å². The second-order valence-corrected chi connectivity index (χ2v) is 6.61. The third-order valence-corrected chi connectivity index (χ3v) is 5.01. The summed E-state index contributed by atoms with van der Waals surface area (Å²) in [7, 11) is 0. The van der Waals surface area contributed by atoms with Crippen LogP contribution in [-0.2, 0) is 4.79 Å². The molecule has 1 fully saturated rings. The van der Waals surface area contributed by atoms with Gasteiger partial charge in [0, 0.05) is 22.2 Å². The van der Waals surface area contributed by atoms with E-state index < -0.39 is 5.91 Å². The summed E-state index contributed by atoms with van der Waals surface area (Å²) in [6.07, 6.45) is 2.21. The molecular weight excluding hydrogens is 310 g/mol. The van der Waals surface area contributed by atoms with Crippen LogP contribution in [0.2, 0.25) is 0 Å². The second kappa shape index (κ2) is 6.93. The summed E-state index contributed by atoms with van der Waals surface area (Å²) in [4.78, 5) is 26.8. The molecule has 0 spiro atoms. The molecule has 120 valence electrons. The van der Waals surface area contributed by atoms with Crippen molar-refractivity contribution in [3.8, 4) is 0 Å². The van der Waals surface area contributed by atoms with Crippen LogP contribution in [0, 0.1) is 0 Å². The van der Waals surface area contributed by atoms with E-state index in [-0.39, 0.29) is 5.91 Å². The summed E-state index contributed by atoms with van der Waals surface area (Å²) >= 11 is 1.74. The van der Waals surface area contributed by atoms with E-state index in [2.05, 4.69) is 27.7 Å². The minimum absolute atomic E-state index is 0.0414. The van der Waals surface area contributed by atoms with Crippen molar-refractivity contribution in [2.75, 3.05) is 18.4 Å². The molecule has 1 aromatic heterocycles. The van der Waals surface area contributed by atoms with Gasteiger partial charge in [-0.1, -0.05) is 6.07 Å². The zero-order valence-corrected chi connectivity index (χ0v) is 13.5. The predicted molar refractivity (Wildman–Crippen MR) is 91.5 cm³/mol. The van der Waals surface area contributed by atoms with Crippen LogP contribution in [0.25, 0.3) is 0 Å². The minimum atomic E-state index is -0.473. The van der Waals surface area contributed by atoms with Crippen LogP contribution in [0.1, 0.15) is 34.1 Å². The van der Waals surface area contributed by atoms with Gasteiger partial charge >= 0.3 is 0 Å². The van der Waals surface area contributed by atoms with Gasteiger partial charge in [0.2, 0.25) is 11.8 Å². The van der Waals surface area contributed by atoms with Crippen LogP contribution in [-0.4, -0.2) is 29.8 Å². The van der Waals surface area contributed by atoms with Crippen molar-refractivity contribution in [1.29, 1.82) is 0 Å². The number of anilines is 1. The van der Waals surface area contributed by atoms with E-state index in [1.807, 2.05) is 0 Å². The fourth-order valence-corrected chi connectivity index (χ4v) is 3.82. The predicted octanol–water partition coefficient (Wildman–Crippen LogP) is 2.62. The molecular formula is C17H19N3O2S. The molecule has 2 amide bonds. The van der Waals surface area contributed by atoms with Crippen molar-refractivity contribution in [1.82, 2.24) is 4.90 Å². The number of nitrogens with one attached hydrogen (secondary N) is 1. The highest BCUT2D eigenvalue weighted by Gasteiger charge is 2.28. The normalized spacial score (nSPS) is 18.0. The number of benzene rings is 1. The molecule has 1 saturated heterocycles. The minimum Gasteiger partial charge on any atom is -0.366 e. The summed E-state index contributed by atoms with van der Waals surface area (Å²) < 4.78 is 0. The average Bonchev–Trinajstić information content (AvgIpc) is 3.18. The van der Waals surface area contributed by atoms with Crippen molar-refractivity contribution in [2.24, 2.45) is 5.73 Å². The van der Waals surface area contributed by atoms with Crippen LogP contribution < -0.4 is 11.1 Å². The molecule has 3 rings (SSSR count). The van der Waals surface area contributed by atoms with E-state index in [4.69, 9.17) is 5.73 Å². The van der Waals surface area contributed by atoms with Crippen LogP contribution >= 0.6 is 11.3 Å². The number of amides is 2. The zero-order valence-electron chi connectivity index (χ0n) is 12.7. The number of likely N-dealkylation sites (tertiary alicyclic amines) is 1. The topological polar surface area (TPSA) is 75.4 Å². The number of carbonyl (C=O) groups is 2. The first-order valence-electron chi connectivity index (χ1n) is 7.60. The van der Waals surface area contributed by atoms with E-state index >= 15 is 0 Å². The molecule has 23 heavy (non-hydrogen) atoms. The molecule has 2 heterocycles. The molecule has 1 aliphatic heterocycles. The number of nitrogens with zero attached hydrogens (tertiary/aromatic N) is 1. The maximum atomic E-state index is 12.3. The molecule has 0 aliphatic carbocycles. The fourth-order valence-electron chi connectivity index (χ4n) is 2.92. The standard InChI is InChI=1S/C17H19N3O2S/c18-17(22)12-5-7-13(8-6-12)19-16(21)11-20-9-1-3-14(20)15-4-2-10-23-15/h2,4-8,10,14H,1,3,9,11H2,(H2,18,22)(H,19,21)/t14-/m1/s1. The molecule has 2 aromatic rings. The molecule has 1 atom stereocenters. The molecule has 0 bridgehead atoms. The highest BCUT2D eigenvalue weighted by atomic mass is 32.1. The fraction of sp³-hybridized carbons (Fsp3) is 0.294. The van der Waals surface area contributed by atoms with Gasteiger partial charge in [0.05, 0.1) is 6.54 Å². The van der Waals surface area contributed by atoms with Crippen LogP contribution in [0.15, 0.2) is 41.8 Å². The van der Waals surface area contributed by atoms with Crippen LogP contribution in [0.3, 0.4) is 0 Å². The Morgan fingerprint density at radius 1 is 1.26 bits per heavy atom. The maximum Gasteiger partial charge on any atom is 0.248 e. The van der Waals surface area contributed by atoms with Gasteiger partial charge in [-0.3, -0.25) is 14.5 Å². The Hall–Kier alpha value is -2.18.